The second-order valence-electron chi connectivity index (χ2n) is 6.32. The highest BCUT2D eigenvalue weighted by atomic mass is 35.5. The minimum Gasteiger partial charge on any atom is -0.491 e. The van der Waals surface area contributed by atoms with Gasteiger partial charge >= 0.3 is 0 Å². The van der Waals surface area contributed by atoms with Crippen molar-refractivity contribution in [3.8, 4) is 5.75 Å². The van der Waals surface area contributed by atoms with Gasteiger partial charge in [0.05, 0.1) is 17.5 Å². The molecule has 0 saturated carbocycles. The van der Waals surface area contributed by atoms with Gasteiger partial charge in [0.25, 0.3) is 5.69 Å². The van der Waals surface area contributed by atoms with Crippen LogP contribution in [0.2, 0.25) is 5.02 Å². The van der Waals surface area contributed by atoms with Crippen molar-refractivity contribution in [2.24, 2.45) is 4.99 Å². The first-order chi connectivity index (χ1) is 13.9. The quantitative estimate of drug-likeness (QED) is 0.248. The summed E-state index contributed by atoms with van der Waals surface area (Å²) in [7, 11) is 0. The number of ether oxygens (including phenoxy) is 1. The van der Waals surface area contributed by atoms with Crippen LogP contribution in [0.25, 0.3) is 0 Å². The van der Waals surface area contributed by atoms with Crippen molar-refractivity contribution in [1.82, 2.24) is 10.6 Å². The maximum atomic E-state index is 10.7. The van der Waals surface area contributed by atoms with Gasteiger partial charge in [0, 0.05) is 23.7 Å². The highest BCUT2D eigenvalue weighted by molar-refractivity contribution is 6.31. The number of aliphatic hydroxyl groups excluding tert-OH is 1. The lowest BCUT2D eigenvalue weighted by Crippen LogP contribution is -2.39. The van der Waals surface area contributed by atoms with Crippen LogP contribution in [0.3, 0.4) is 0 Å². The molecule has 2 atom stereocenters. The Balaban J connectivity index is 1.89. The fourth-order valence-corrected chi connectivity index (χ4v) is 2.83. The molecule has 0 amide bonds. The number of non-ortho nitro benzene ring substituents is 1. The average Bonchev–Trinajstić information content (AvgIpc) is 2.71. The van der Waals surface area contributed by atoms with Crippen LogP contribution in [-0.4, -0.2) is 41.8 Å². The predicted molar refractivity (Wildman–Crippen MR) is 114 cm³/mol. The van der Waals surface area contributed by atoms with E-state index in [1.807, 2.05) is 38.1 Å². The number of guanidine groups is 1. The zero-order chi connectivity index (χ0) is 21.2. The van der Waals surface area contributed by atoms with Crippen molar-refractivity contribution in [3.05, 3.63) is 69.2 Å². The first-order valence-electron chi connectivity index (χ1n) is 9.25. The van der Waals surface area contributed by atoms with E-state index in [-0.39, 0.29) is 24.9 Å². The van der Waals surface area contributed by atoms with Crippen molar-refractivity contribution < 1.29 is 14.8 Å². The molecular weight excluding hydrogens is 396 g/mol. The molecule has 8 nitrogen and oxygen atoms in total. The number of rotatable bonds is 9. The number of halogens is 1. The standard InChI is InChI=1S/C20H25ClN4O4/c1-3-22-20(24-14(2)18-6-4-5-7-19(18)21)23-12-16(26)13-29-17-10-8-15(9-11-17)25(27)28/h4-11,14,16,26H,3,12-13H2,1-2H3,(H2,22,23,24). The molecule has 0 aliphatic carbocycles. The molecule has 156 valence electrons. The third-order valence-electron chi connectivity index (χ3n) is 4.02. The molecule has 0 saturated heterocycles. The second kappa shape index (κ2) is 11.2. The number of nitro groups is 1. The highest BCUT2D eigenvalue weighted by Crippen LogP contribution is 2.22. The van der Waals surface area contributed by atoms with Gasteiger partial charge in [0.15, 0.2) is 5.96 Å². The van der Waals surface area contributed by atoms with Crippen LogP contribution in [0.1, 0.15) is 25.5 Å². The Morgan fingerprint density at radius 2 is 1.97 bits per heavy atom. The number of nitro benzene ring substituents is 1. The number of hydrogen-bond donors (Lipinski definition) is 3. The molecule has 0 aromatic heterocycles. The number of aliphatic hydroxyl groups is 1. The Hall–Kier alpha value is -2.84. The molecule has 0 fully saturated rings. The largest absolute Gasteiger partial charge is 0.491 e. The first-order valence-corrected chi connectivity index (χ1v) is 9.63. The number of aliphatic imine (C=N–C) groups is 1. The SMILES string of the molecule is CCNC(=NCC(O)COc1ccc([N+](=O)[O-])cc1)NC(C)c1ccccc1Cl. The number of nitrogens with one attached hydrogen (secondary N) is 2. The van der Waals surface area contributed by atoms with Gasteiger partial charge < -0.3 is 20.5 Å². The van der Waals surface area contributed by atoms with E-state index in [1.165, 1.54) is 24.3 Å². The lowest BCUT2D eigenvalue weighted by molar-refractivity contribution is -0.384. The van der Waals surface area contributed by atoms with E-state index in [1.54, 1.807) is 0 Å². The molecule has 29 heavy (non-hydrogen) atoms. The van der Waals surface area contributed by atoms with Gasteiger partial charge in [-0.1, -0.05) is 29.8 Å². The van der Waals surface area contributed by atoms with Crippen molar-refractivity contribution >= 4 is 23.2 Å². The smallest absolute Gasteiger partial charge is 0.269 e. The number of hydrogen-bond acceptors (Lipinski definition) is 5. The Morgan fingerprint density at radius 3 is 2.59 bits per heavy atom. The van der Waals surface area contributed by atoms with E-state index in [2.05, 4.69) is 15.6 Å². The van der Waals surface area contributed by atoms with Gasteiger partial charge in [0.1, 0.15) is 18.5 Å². The summed E-state index contributed by atoms with van der Waals surface area (Å²) in [6.45, 7) is 4.72. The third kappa shape index (κ3) is 7.24. The van der Waals surface area contributed by atoms with Gasteiger partial charge in [-0.3, -0.25) is 15.1 Å². The predicted octanol–water partition coefficient (Wildman–Crippen LogP) is 3.30. The molecule has 0 aliphatic heterocycles. The normalized spacial score (nSPS) is 13.4. The molecular formula is C20H25ClN4O4. The molecule has 2 unspecified atom stereocenters. The van der Waals surface area contributed by atoms with E-state index in [4.69, 9.17) is 16.3 Å². The van der Waals surface area contributed by atoms with Crippen LogP contribution >= 0.6 is 11.6 Å². The molecule has 2 rings (SSSR count). The second-order valence-corrected chi connectivity index (χ2v) is 6.73. The third-order valence-corrected chi connectivity index (χ3v) is 4.36. The van der Waals surface area contributed by atoms with Crippen LogP contribution in [0, 0.1) is 10.1 Å². The summed E-state index contributed by atoms with van der Waals surface area (Å²) in [4.78, 5) is 14.6. The maximum absolute atomic E-state index is 10.7. The minimum absolute atomic E-state index is 0.0147. The van der Waals surface area contributed by atoms with Crippen LogP contribution in [0.4, 0.5) is 5.69 Å². The summed E-state index contributed by atoms with van der Waals surface area (Å²) >= 11 is 6.24. The van der Waals surface area contributed by atoms with Gasteiger partial charge in [-0.25, -0.2) is 0 Å². The van der Waals surface area contributed by atoms with Gasteiger partial charge in [-0.15, -0.1) is 0 Å². The van der Waals surface area contributed by atoms with Crippen LogP contribution in [0.15, 0.2) is 53.5 Å². The zero-order valence-electron chi connectivity index (χ0n) is 16.3. The molecule has 0 aliphatic rings. The van der Waals surface area contributed by atoms with Crippen molar-refractivity contribution in [2.75, 3.05) is 19.7 Å². The Morgan fingerprint density at radius 1 is 1.28 bits per heavy atom. The monoisotopic (exact) mass is 420 g/mol. The fraction of sp³-hybridized carbons (Fsp3) is 0.350. The summed E-state index contributed by atoms with van der Waals surface area (Å²) in [6, 6.07) is 13.2. The Labute approximate surface area is 174 Å². The molecule has 0 heterocycles. The van der Waals surface area contributed by atoms with Gasteiger partial charge in [-0.05, 0) is 37.6 Å². The highest BCUT2D eigenvalue weighted by Gasteiger charge is 2.12. The molecule has 0 radical (unpaired) electrons. The summed E-state index contributed by atoms with van der Waals surface area (Å²) in [5.41, 5.74) is 0.929. The van der Waals surface area contributed by atoms with E-state index >= 15 is 0 Å². The number of benzene rings is 2. The van der Waals surface area contributed by atoms with Crippen LogP contribution in [-0.2, 0) is 0 Å². The van der Waals surface area contributed by atoms with Crippen LogP contribution < -0.4 is 15.4 Å². The minimum atomic E-state index is -0.837. The van der Waals surface area contributed by atoms with E-state index in [9.17, 15) is 15.2 Å². The maximum Gasteiger partial charge on any atom is 0.269 e. The van der Waals surface area contributed by atoms with Crippen molar-refractivity contribution in [2.45, 2.75) is 26.0 Å². The number of nitrogens with zero attached hydrogens (tertiary/aromatic N) is 2. The topological polar surface area (TPSA) is 109 Å². The van der Waals surface area contributed by atoms with Crippen molar-refractivity contribution in [1.29, 1.82) is 0 Å². The van der Waals surface area contributed by atoms with E-state index in [0.29, 0.717) is 23.3 Å². The molecule has 3 N–H and O–H groups in total. The lowest BCUT2D eigenvalue weighted by atomic mass is 10.1. The lowest BCUT2D eigenvalue weighted by Gasteiger charge is -2.19. The van der Waals surface area contributed by atoms with Crippen molar-refractivity contribution in [3.63, 3.8) is 0 Å². The summed E-state index contributed by atoms with van der Waals surface area (Å²) in [6.07, 6.45) is -0.837. The molecule has 9 heteroatoms. The Kier molecular flexibility index (Phi) is 8.69. The molecule has 0 spiro atoms. The first kappa shape index (κ1) is 22.4. The zero-order valence-corrected chi connectivity index (χ0v) is 17.1. The van der Waals surface area contributed by atoms with Gasteiger partial charge in [-0.2, -0.15) is 0 Å². The molecule has 2 aromatic carbocycles. The van der Waals surface area contributed by atoms with Gasteiger partial charge in [0.2, 0.25) is 0 Å². The summed E-state index contributed by atoms with van der Waals surface area (Å²) < 4.78 is 5.46. The summed E-state index contributed by atoms with van der Waals surface area (Å²) in [5, 5.41) is 27.9. The average molecular weight is 421 g/mol. The summed E-state index contributed by atoms with van der Waals surface area (Å²) in [5.74, 6) is 0.991. The van der Waals surface area contributed by atoms with E-state index in [0.717, 1.165) is 5.56 Å². The fourth-order valence-electron chi connectivity index (χ4n) is 2.53. The molecule has 0 bridgehead atoms. The molecule has 2 aromatic rings. The Bertz CT molecular complexity index is 829. The van der Waals surface area contributed by atoms with Crippen LogP contribution in [0.5, 0.6) is 5.75 Å². The van der Waals surface area contributed by atoms with E-state index < -0.39 is 11.0 Å².